The summed E-state index contributed by atoms with van der Waals surface area (Å²) < 4.78 is 16.5. The molecule has 2 N–H and O–H groups in total. The quantitative estimate of drug-likeness (QED) is 0.212. The van der Waals surface area contributed by atoms with E-state index in [9.17, 15) is 19.5 Å². The van der Waals surface area contributed by atoms with E-state index in [0.29, 0.717) is 62.7 Å². The SMILES string of the molecule is CC/C(=C(\C1CCC(O)CC1)C1CCC(N2CCC(F)(CN3CCN(C4CCC5C(=O)N(C6CCC(=O)NC6=O)CC5C4)CC3)CC2)CC1)C1CCCCC1. The molecule has 4 saturated carbocycles. The first-order valence-electron chi connectivity index (χ1n) is 23.1. The number of halogens is 1. The number of carbonyl (C=O) groups excluding carboxylic acids is 3. The van der Waals surface area contributed by atoms with Gasteiger partial charge in [0.05, 0.1) is 6.10 Å². The molecule has 8 fully saturated rings. The molecular weight excluding hydrogens is 694 g/mol. The Morgan fingerprint density at radius 1 is 0.745 bits per heavy atom. The molecule has 4 heterocycles. The number of allylic oxidation sites excluding steroid dienone is 2. The number of alkyl halides is 1. The molecule has 10 heteroatoms. The summed E-state index contributed by atoms with van der Waals surface area (Å²) in [4.78, 5) is 46.9. The molecule has 55 heavy (non-hydrogen) atoms. The molecule has 4 aliphatic heterocycles. The zero-order valence-corrected chi connectivity index (χ0v) is 34.0. The minimum atomic E-state index is -1.10. The van der Waals surface area contributed by atoms with Gasteiger partial charge >= 0.3 is 0 Å². The zero-order chi connectivity index (χ0) is 38.1. The van der Waals surface area contributed by atoms with Crippen LogP contribution in [-0.4, -0.2) is 125 Å². The molecule has 0 spiro atoms. The Kier molecular flexibility index (Phi) is 12.7. The highest BCUT2D eigenvalue weighted by atomic mass is 19.1. The topological polar surface area (TPSA) is 96.4 Å². The number of piperazine rings is 1. The molecular formula is C45H72FN5O4. The van der Waals surface area contributed by atoms with Crippen LogP contribution >= 0.6 is 0 Å². The standard InChI is InChI=1S/C45H72FN5O4/c1-2-38(31-6-4-3-5-7-31)42(33-10-15-37(52)16-11-33)32-8-12-35(13-9-32)49-22-20-45(46,21-23-49)30-48-24-26-50(27-25-48)36-14-17-39-34(28-36)29-51(44(39)55)40-18-19-41(53)47-43(40)54/h31-37,39-40,52H,2-30H2,1H3,(H,47,53,54)/b42-38+. The molecule has 9 nitrogen and oxygen atoms in total. The van der Waals surface area contributed by atoms with Crippen molar-refractivity contribution in [3.63, 3.8) is 0 Å². The molecule has 0 aromatic rings. The van der Waals surface area contributed by atoms with Crippen molar-refractivity contribution in [3.8, 4) is 0 Å². The predicted molar refractivity (Wildman–Crippen MR) is 213 cm³/mol. The number of imide groups is 1. The number of fused-ring (bicyclic) bond motifs is 1. The molecule has 0 aromatic heterocycles. The van der Waals surface area contributed by atoms with E-state index in [1.165, 1.54) is 77.0 Å². The molecule has 4 saturated heterocycles. The third-order valence-corrected chi connectivity index (χ3v) is 16.3. The molecule has 3 amide bonds. The number of aliphatic hydroxyl groups is 1. The van der Waals surface area contributed by atoms with E-state index in [-0.39, 0.29) is 35.7 Å². The number of aliphatic hydroxyl groups excluding tert-OH is 1. The highest BCUT2D eigenvalue weighted by Crippen LogP contribution is 2.47. The number of rotatable bonds is 9. The Morgan fingerprint density at radius 2 is 1.38 bits per heavy atom. The lowest BCUT2D eigenvalue weighted by molar-refractivity contribution is -0.144. The van der Waals surface area contributed by atoms with Gasteiger partial charge in [-0.1, -0.05) is 37.3 Å². The second-order valence-electron chi connectivity index (χ2n) is 19.5. The summed E-state index contributed by atoms with van der Waals surface area (Å²) in [6.07, 6.45) is 22.3. The van der Waals surface area contributed by atoms with E-state index in [1.54, 1.807) is 4.90 Å². The second kappa shape index (κ2) is 17.5. The first-order chi connectivity index (χ1) is 26.7. The van der Waals surface area contributed by atoms with Crippen molar-refractivity contribution < 1.29 is 23.9 Å². The van der Waals surface area contributed by atoms with Crippen molar-refractivity contribution in [3.05, 3.63) is 11.1 Å². The van der Waals surface area contributed by atoms with E-state index in [1.807, 2.05) is 11.1 Å². The van der Waals surface area contributed by atoms with Crippen LogP contribution in [-0.2, 0) is 14.4 Å². The van der Waals surface area contributed by atoms with Crippen LogP contribution in [0.3, 0.4) is 0 Å². The van der Waals surface area contributed by atoms with Crippen LogP contribution in [0.2, 0.25) is 0 Å². The molecule has 0 radical (unpaired) electrons. The molecule has 8 rings (SSSR count). The van der Waals surface area contributed by atoms with Crippen molar-refractivity contribution >= 4 is 17.7 Å². The number of amides is 3. The zero-order valence-electron chi connectivity index (χ0n) is 34.0. The maximum Gasteiger partial charge on any atom is 0.249 e. The Balaban J connectivity index is 0.785. The van der Waals surface area contributed by atoms with Gasteiger partial charge in [0, 0.05) is 76.8 Å². The third-order valence-electron chi connectivity index (χ3n) is 16.3. The molecule has 0 bridgehead atoms. The third kappa shape index (κ3) is 8.92. The maximum atomic E-state index is 16.5. The van der Waals surface area contributed by atoms with Gasteiger partial charge in [0.15, 0.2) is 0 Å². The maximum absolute atomic E-state index is 16.5. The molecule has 308 valence electrons. The van der Waals surface area contributed by atoms with Crippen LogP contribution in [0.1, 0.15) is 142 Å². The molecule has 4 unspecified atom stereocenters. The van der Waals surface area contributed by atoms with Crippen LogP contribution in [0.15, 0.2) is 11.1 Å². The van der Waals surface area contributed by atoms with Gasteiger partial charge in [-0.2, -0.15) is 0 Å². The minimum Gasteiger partial charge on any atom is -0.393 e. The number of carbonyl (C=O) groups is 3. The van der Waals surface area contributed by atoms with Gasteiger partial charge in [-0.05, 0) is 133 Å². The van der Waals surface area contributed by atoms with E-state index in [2.05, 4.69) is 26.9 Å². The van der Waals surface area contributed by atoms with E-state index in [0.717, 1.165) is 77.3 Å². The summed E-state index contributed by atoms with van der Waals surface area (Å²) in [7, 11) is 0. The van der Waals surface area contributed by atoms with Gasteiger partial charge < -0.3 is 14.9 Å². The Hall–Kier alpha value is -1.88. The second-order valence-corrected chi connectivity index (χ2v) is 19.5. The van der Waals surface area contributed by atoms with Crippen molar-refractivity contribution in [2.45, 2.75) is 172 Å². The van der Waals surface area contributed by atoms with Crippen molar-refractivity contribution in [1.29, 1.82) is 0 Å². The van der Waals surface area contributed by atoms with Crippen molar-refractivity contribution in [2.24, 2.45) is 29.6 Å². The first-order valence-corrected chi connectivity index (χ1v) is 23.1. The van der Waals surface area contributed by atoms with Crippen LogP contribution in [0.25, 0.3) is 0 Å². The van der Waals surface area contributed by atoms with Gasteiger partial charge in [0.1, 0.15) is 11.7 Å². The average molecular weight is 766 g/mol. The van der Waals surface area contributed by atoms with Gasteiger partial charge in [-0.3, -0.25) is 29.5 Å². The number of nitrogens with zero attached hydrogens (tertiary/aromatic N) is 4. The van der Waals surface area contributed by atoms with Gasteiger partial charge in [-0.25, -0.2) is 4.39 Å². The summed E-state index contributed by atoms with van der Waals surface area (Å²) in [6.45, 7) is 9.08. The number of piperidine rings is 2. The fourth-order valence-electron chi connectivity index (χ4n) is 13.2. The predicted octanol–water partition coefficient (Wildman–Crippen LogP) is 6.24. The lowest BCUT2D eigenvalue weighted by atomic mass is 9.67. The first kappa shape index (κ1) is 39.9. The largest absolute Gasteiger partial charge is 0.393 e. The molecule has 8 aliphatic rings. The summed E-state index contributed by atoms with van der Waals surface area (Å²) in [6, 6.07) is 0.537. The lowest BCUT2D eigenvalue weighted by Gasteiger charge is -2.47. The highest BCUT2D eigenvalue weighted by Gasteiger charge is 2.49. The van der Waals surface area contributed by atoms with Crippen LogP contribution in [0, 0.1) is 29.6 Å². The molecule has 4 aliphatic carbocycles. The van der Waals surface area contributed by atoms with Crippen LogP contribution in [0.5, 0.6) is 0 Å². The number of hydrogen-bond acceptors (Lipinski definition) is 7. The van der Waals surface area contributed by atoms with Crippen LogP contribution < -0.4 is 5.32 Å². The summed E-state index contributed by atoms with van der Waals surface area (Å²) in [5.74, 6) is 2.00. The van der Waals surface area contributed by atoms with E-state index in [4.69, 9.17) is 0 Å². The average Bonchev–Trinajstić information content (AvgIpc) is 3.53. The van der Waals surface area contributed by atoms with Crippen LogP contribution in [0.4, 0.5) is 4.39 Å². The fourth-order valence-corrected chi connectivity index (χ4v) is 13.2. The van der Waals surface area contributed by atoms with Gasteiger partial charge in [0.2, 0.25) is 17.7 Å². The van der Waals surface area contributed by atoms with Crippen molar-refractivity contribution in [2.75, 3.05) is 52.4 Å². The van der Waals surface area contributed by atoms with Gasteiger partial charge in [0.25, 0.3) is 0 Å². The number of likely N-dealkylation sites (tertiary alicyclic amines) is 2. The normalized spacial score (nSPS) is 38.1. The Bertz CT molecular complexity index is 1380. The lowest BCUT2D eigenvalue weighted by Crippen LogP contribution is -2.56. The molecule has 0 aromatic carbocycles. The monoisotopic (exact) mass is 766 g/mol. The van der Waals surface area contributed by atoms with E-state index < -0.39 is 11.7 Å². The van der Waals surface area contributed by atoms with Gasteiger partial charge in [-0.15, -0.1) is 0 Å². The minimum absolute atomic E-state index is 0.00197. The molecule has 4 atom stereocenters. The highest BCUT2D eigenvalue weighted by molar-refractivity contribution is 6.02. The number of nitrogens with one attached hydrogen (secondary N) is 1. The summed E-state index contributed by atoms with van der Waals surface area (Å²) in [5.41, 5.74) is 2.57. The number of hydrogen-bond donors (Lipinski definition) is 2. The smallest absolute Gasteiger partial charge is 0.249 e. The summed E-state index contributed by atoms with van der Waals surface area (Å²) in [5, 5.41) is 12.8. The Labute approximate surface area is 330 Å². The fraction of sp³-hybridized carbons (Fsp3) is 0.889. The van der Waals surface area contributed by atoms with E-state index >= 15 is 4.39 Å². The summed E-state index contributed by atoms with van der Waals surface area (Å²) >= 11 is 0. The van der Waals surface area contributed by atoms with Crippen molar-refractivity contribution in [1.82, 2.24) is 24.9 Å². The Morgan fingerprint density at radius 3 is 2.04 bits per heavy atom.